The topological polar surface area (TPSA) is 76.1 Å². The fourth-order valence-corrected chi connectivity index (χ4v) is 1.46. The van der Waals surface area contributed by atoms with E-state index in [0.29, 0.717) is 0 Å². The molecule has 1 N–H and O–H groups in total. The van der Waals surface area contributed by atoms with Crippen LogP contribution in [0.25, 0.3) is 0 Å². The Hall–Kier alpha value is -1.14. The van der Waals surface area contributed by atoms with Crippen molar-refractivity contribution in [2.75, 3.05) is 27.3 Å². The summed E-state index contributed by atoms with van der Waals surface area (Å²) in [6.07, 6.45) is -0.605. The standard InChI is InChI=1S/C13H25NO5/c1-13(2,3)19-12(17)7-6-11(16)14(4)8-10(15)9-18-5/h10,15H,6-9H2,1-5H3. The quantitative estimate of drug-likeness (QED) is 0.688. The highest BCUT2D eigenvalue weighted by molar-refractivity contribution is 5.81. The maximum Gasteiger partial charge on any atom is 0.306 e. The molecule has 0 radical (unpaired) electrons. The van der Waals surface area contributed by atoms with Crippen molar-refractivity contribution in [2.24, 2.45) is 0 Å². The maximum atomic E-state index is 11.7. The van der Waals surface area contributed by atoms with E-state index in [1.807, 2.05) is 0 Å². The lowest BCUT2D eigenvalue weighted by Gasteiger charge is -2.21. The summed E-state index contributed by atoms with van der Waals surface area (Å²) in [6, 6.07) is 0. The number of carbonyl (C=O) groups is 2. The first-order valence-electron chi connectivity index (χ1n) is 6.28. The van der Waals surface area contributed by atoms with Gasteiger partial charge in [-0.05, 0) is 20.8 Å². The van der Waals surface area contributed by atoms with E-state index in [1.54, 1.807) is 27.8 Å². The Bertz CT molecular complexity index is 298. The lowest BCUT2D eigenvalue weighted by molar-refractivity contribution is -0.156. The van der Waals surface area contributed by atoms with Crippen molar-refractivity contribution in [3.63, 3.8) is 0 Å². The molecule has 1 amide bonds. The van der Waals surface area contributed by atoms with Gasteiger partial charge in [-0.3, -0.25) is 9.59 Å². The van der Waals surface area contributed by atoms with E-state index in [0.717, 1.165) is 0 Å². The normalized spacial score (nSPS) is 12.9. The van der Waals surface area contributed by atoms with Gasteiger partial charge in [0.2, 0.25) is 5.91 Å². The Morgan fingerprint density at radius 2 is 1.84 bits per heavy atom. The number of carbonyl (C=O) groups excluding carboxylic acids is 2. The summed E-state index contributed by atoms with van der Waals surface area (Å²) >= 11 is 0. The van der Waals surface area contributed by atoms with Crippen LogP contribution >= 0.6 is 0 Å². The summed E-state index contributed by atoms with van der Waals surface area (Å²) in [4.78, 5) is 24.6. The fourth-order valence-electron chi connectivity index (χ4n) is 1.46. The number of nitrogens with zero attached hydrogens (tertiary/aromatic N) is 1. The van der Waals surface area contributed by atoms with Crippen molar-refractivity contribution in [1.82, 2.24) is 4.90 Å². The van der Waals surface area contributed by atoms with Crippen molar-refractivity contribution in [2.45, 2.75) is 45.3 Å². The number of hydrogen-bond donors (Lipinski definition) is 1. The Balaban J connectivity index is 4.00. The molecule has 0 saturated carbocycles. The summed E-state index contributed by atoms with van der Waals surface area (Å²) in [5.41, 5.74) is -0.541. The number of esters is 1. The first kappa shape index (κ1) is 17.9. The number of rotatable bonds is 7. The largest absolute Gasteiger partial charge is 0.460 e. The Kier molecular flexibility index (Phi) is 7.63. The predicted octanol–water partition coefficient (Wildman–Crippen LogP) is 0.574. The molecule has 0 aliphatic heterocycles. The molecule has 0 aromatic carbocycles. The smallest absolute Gasteiger partial charge is 0.306 e. The highest BCUT2D eigenvalue weighted by Gasteiger charge is 2.19. The second-order valence-corrected chi connectivity index (χ2v) is 5.47. The monoisotopic (exact) mass is 275 g/mol. The summed E-state index contributed by atoms with van der Waals surface area (Å²) in [5.74, 6) is -0.604. The Morgan fingerprint density at radius 3 is 2.32 bits per heavy atom. The van der Waals surface area contributed by atoms with E-state index in [-0.39, 0.29) is 31.9 Å². The Labute approximate surface area is 114 Å². The van der Waals surface area contributed by atoms with Crippen LogP contribution < -0.4 is 0 Å². The first-order valence-corrected chi connectivity index (χ1v) is 6.28. The zero-order valence-corrected chi connectivity index (χ0v) is 12.4. The SMILES string of the molecule is COCC(O)CN(C)C(=O)CCC(=O)OC(C)(C)C. The van der Waals surface area contributed by atoms with Crippen LogP contribution in [0.3, 0.4) is 0 Å². The molecule has 0 aliphatic rings. The molecule has 0 saturated heterocycles. The molecule has 0 aromatic heterocycles. The maximum absolute atomic E-state index is 11.7. The molecule has 0 aromatic rings. The third-order valence-corrected chi connectivity index (χ3v) is 2.23. The molecule has 0 bridgehead atoms. The first-order chi connectivity index (χ1) is 8.65. The molecule has 19 heavy (non-hydrogen) atoms. The second kappa shape index (κ2) is 8.12. The number of likely N-dealkylation sites (N-methyl/N-ethyl adjacent to an activating group) is 1. The molecule has 1 unspecified atom stereocenters. The van der Waals surface area contributed by atoms with Gasteiger partial charge in [-0.1, -0.05) is 0 Å². The number of hydrogen-bond acceptors (Lipinski definition) is 5. The van der Waals surface area contributed by atoms with Gasteiger partial charge >= 0.3 is 5.97 Å². The van der Waals surface area contributed by atoms with Crippen molar-refractivity contribution >= 4 is 11.9 Å². The van der Waals surface area contributed by atoms with E-state index in [1.165, 1.54) is 12.0 Å². The van der Waals surface area contributed by atoms with Crippen LogP contribution in [0.2, 0.25) is 0 Å². The molecular weight excluding hydrogens is 250 g/mol. The minimum absolute atomic E-state index is 0.0425. The van der Waals surface area contributed by atoms with E-state index >= 15 is 0 Å². The number of amides is 1. The molecule has 0 heterocycles. The highest BCUT2D eigenvalue weighted by atomic mass is 16.6. The summed E-state index contributed by atoms with van der Waals surface area (Å²) in [7, 11) is 3.06. The number of aliphatic hydroxyl groups is 1. The van der Waals surface area contributed by atoms with Gasteiger partial charge in [0, 0.05) is 27.1 Å². The van der Waals surface area contributed by atoms with Gasteiger partial charge in [-0.25, -0.2) is 0 Å². The van der Waals surface area contributed by atoms with E-state index in [4.69, 9.17) is 9.47 Å². The van der Waals surface area contributed by atoms with E-state index in [2.05, 4.69) is 0 Å². The van der Waals surface area contributed by atoms with Gasteiger partial charge in [-0.15, -0.1) is 0 Å². The lowest BCUT2D eigenvalue weighted by atomic mass is 10.2. The van der Waals surface area contributed by atoms with Crippen LogP contribution in [0.1, 0.15) is 33.6 Å². The zero-order chi connectivity index (χ0) is 15.1. The van der Waals surface area contributed by atoms with Gasteiger partial charge in [0.15, 0.2) is 0 Å². The number of aliphatic hydroxyl groups excluding tert-OH is 1. The van der Waals surface area contributed by atoms with Crippen molar-refractivity contribution in [3.8, 4) is 0 Å². The molecule has 1 atom stereocenters. The average molecular weight is 275 g/mol. The van der Waals surface area contributed by atoms with Gasteiger partial charge < -0.3 is 19.5 Å². The summed E-state index contributed by atoms with van der Waals surface area (Å²) in [5, 5.41) is 9.49. The van der Waals surface area contributed by atoms with Crippen LogP contribution in [0.5, 0.6) is 0 Å². The fraction of sp³-hybridized carbons (Fsp3) is 0.846. The third-order valence-electron chi connectivity index (χ3n) is 2.23. The molecule has 0 aliphatic carbocycles. The summed E-state index contributed by atoms with van der Waals surface area (Å²) in [6.45, 7) is 5.69. The predicted molar refractivity (Wildman–Crippen MR) is 70.6 cm³/mol. The number of ether oxygens (including phenoxy) is 2. The minimum atomic E-state index is -0.722. The molecule has 0 spiro atoms. The second-order valence-electron chi connectivity index (χ2n) is 5.47. The Morgan fingerprint density at radius 1 is 1.26 bits per heavy atom. The van der Waals surface area contributed by atoms with Gasteiger partial charge in [0.25, 0.3) is 0 Å². The third kappa shape index (κ3) is 9.44. The van der Waals surface area contributed by atoms with Crippen LogP contribution in [-0.2, 0) is 19.1 Å². The van der Waals surface area contributed by atoms with E-state index in [9.17, 15) is 14.7 Å². The van der Waals surface area contributed by atoms with E-state index < -0.39 is 17.7 Å². The van der Waals surface area contributed by atoms with Gasteiger partial charge in [0.1, 0.15) is 5.60 Å². The minimum Gasteiger partial charge on any atom is -0.460 e. The molecule has 6 heteroatoms. The zero-order valence-electron chi connectivity index (χ0n) is 12.4. The average Bonchev–Trinajstić information content (AvgIpc) is 2.23. The lowest BCUT2D eigenvalue weighted by Crippen LogP contribution is -2.36. The van der Waals surface area contributed by atoms with Gasteiger partial charge in [0.05, 0.1) is 19.1 Å². The molecule has 112 valence electrons. The molecule has 0 rings (SSSR count). The highest BCUT2D eigenvalue weighted by Crippen LogP contribution is 2.09. The van der Waals surface area contributed by atoms with Crippen LogP contribution in [0, 0.1) is 0 Å². The van der Waals surface area contributed by atoms with Crippen molar-refractivity contribution in [3.05, 3.63) is 0 Å². The van der Waals surface area contributed by atoms with Crippen LogP contribution in [0.4, 0.5) is 0 Å². The molecular formula is C13H25NO5. The summed E-state index contributed by atoms with van der Waals surface area (Å²) < 4.78 is 9.88. The van der Waals surface area contributed by atoms with Crippen molar-refractivity contribution in [1.29, 1.82) is 0 Å². The van der Waals surface area contributed by atoms with Crippen LogP contribution in [0.15, 0.2) is 0 Å². The van der Waals surface area contributed by atoms with Crippen LogP contribution in [-0.4, -0.2) is 60.9 Å². The number of methoxy groups -OCH3 is 1. The molecule has 0 fully saturated rings. The van der Waals surface area contributed by atoms with Gasteiger partial charge in [-0.2, -0.15) is 0 Å². The van der Waals surface area contributed by atoms with Crippen molar-refractivity contribution < 1.29 is 24.2 Å². The molecule has 6 nitrogen and oxygen atoms in total.